The minimum absolute atomic E-state index is 0.141. The van der Waals surface area contributed by atoms with Crippen molar-refractivity contribution >= 4 is 0 Å². The first kappa shape index (κ1) is 8.84. The zero-order valence-corrected chi connectivity index (χ0v) is 9.38. The molecule has 6 saturated heterocycles. The maximum Gasteiger partial charge on any atom is 0.167 e. The fraction of sp³-hybridized carbons (Fsp3) is 1.00. The van der Waals surface area contributed by atoms with Crippen LogP contribution in [0.2, 0.25) is 0 Å². The molecular formula is C12H12O6. The van der Waals surface area contributed by atoms with Crippen molar-refractivity contribution in [1.82, 2.24) is 0 Å². The summed E-state index contributed by atoms with van der Waals surface area (Å²) in [5.41, 5.74) is 0. The van der Waals surface area contributed by atoms with Crippen LogP contribution in [0.4, 0.5) is 0 Å². The van der Waals surface area contributed by atoms with Crippen LogP contribution in [0.1, 0.15) is 0 Å². The van der Waals surface area contributed by atoms with Gasteiger partial charge in [-0.25, -0.2) is 0 Å². The standard InChI is InChI=1S/C12H12O6/c13-7-1-2-4-6-5-3(1)9(14-7)16-11(5)18-12(6)17-10(4)15-8(2)13/h1-12H. The van der Waals surface area contributed by atoms with Crippen LogP contribution in [0, 0.1) is 35.5 Å². The van der Waals surface area contributed by atoms with Crippen LogP contribution < -0.4 is 0 Å². The highest BCUT2D eigenvalue weighted by Gasteiger charge is 2.79. The highest BCUT2D eigenvalue weighted by molar-refractivity contribution is 5.15. The van der Waals surface area contributed by atoms with E-state index in [-0.39, 0.29) is 37.7 Å². The Morgan fingerprint density at radius 2 is 0.444 bits per heavy atom. The van der Waals surface area contributed by atoms with Crippen molar-refractivity contribution in [1.29, 1.82) is 0 Å². The highest BCUT2D eigenvalue weighted by Crippen LogP contribution is 2.70. The van der Waals surface area contributed by atoms with Crippen LogP contribution in [-0.4, -0.2) is 37.7 Å². The molecule has 6 nitrogen and oxygen atoms in total. The van der Waals surface area contributed by atoms with Gasteiger partial charge in [0.15, 0.2) is 37.7 Å². The van der Waals surface area contributed by atoms with E-state index in [1.807, 2.05) is 0 Å². The number of ether oxygens (including phenoxy) is 6. The van der Waals surface area contributed by atoms with E-state index in [1.165, 1.54) is 0 Å². The second-order valence-corrected chi connectivity index (χ2v) is 6.49. The fourth-order valence-corrected chi connectivity index (χ4v) is 5.79. The van der Waals surface area contributed by atoms with Gasteiger partial charge in [0, 0.05) is 35.5 Å². The Balaban J connectivity index is 1.51. The van der Waals surface area contributed by atoms with E-state index in [4.69, 9.17) is 28.4 Å². The molecule has 0 bridgehead atoms. The summed E-state index contributed by atoms with van der Waals surface area (Å²) in [6, 6.07) is 0. The Kier molecular flexibility index (Phi) is 1.17. The third kappa shape index (κ3) is 0.667. The lowest BCUT2D eigenvalue weighted by Crippen LogP contribution is -2.44. The summed E-state index contributed by atoms with van der Waals surface area (Å²) in [5, 5.41) is 0. The summed E-state index contributed by atoms with van der Waals surface area (Å²) < 4.78 is 35.4. The molecule has 0 unspecified atom stereocenters. The molecule has 0 N–H and O–H groups in total. The lowest BCUT2D eigenvalue weighted by atomic mass is 9.60. The third-order valence-corrected chi connectivity index (χ3v) is 6.16. The van der Waals surface area contributed by atoms with Gasteiger partial charge in [-0.1, -0.05) is 0 Å². The maximum absolute atomic E-state index is 5.90. The minimum Gasteiger partial charge on any atom is -0.323 e. The Hall–Kier alpha value is -0.240. The summed E-state index contributed by atoms with van der Waals surface area (Å²) in [5.74, 6) is 2.45. The fourth-order valence-electron chi connectivity index (χ4n) is 5.79. The summed E-state index contributed by atoms with van der Waals surface area (Å²) in [6.07, 6.45) is -0.847. The van der Waals surface area contributed by atoms with Gasteiger partial charge in [0.05, 0.1) is 0 Å². The van der Waals surface area contributed by atoms with Gasteiger partial charge in [0.1, 0.15) is 0 Å². The first-order valence-electron chi connectivity index (χ1n) is 6.83. The van der Waals surface area contributed by atoms with Gasteiger partial charge in [-0.15, -0.1) is 0 Å². The van der Waals surface area contributed by atoms with Crippen LogP contribution in [0.25, 0.3) is 0 Å². The molecule has 96 valence electrons. The summed E-state index contributed by atoms with van der Waals surface area (Å²) >= 11 is 0. The zero-order chi connectivity index (χ0) is 11.2. The largest absolute Gasteiger partial charge is 0.323 e. The predicted molar refractivity (Wildman–Crippen MR) is 50.2 cm³/mol. The summed E-state index contributed by atoms with van der Waals surface area (Å²) in [6.45, 7) is 0. The van der Waals surface area contributed by atoms with E-state index in [0.717, 1.165) is 0 Å². The van der Waals surface area contributed by atoms with E-state index in [0.29, 0.717) is 35.5 Å². The highest BCUT2D eigenvalue weighted by atomic mass is 16.9. The van der Waals surface area contributed by atoms with Crippen LogP contribution in [0.5, 0.6) is 0 Å². The van der Waals surface area contributed by atoms with Gasteiger partial charge in [0.2, 0.25) is 0 Å². The number of hydrogen-bond donors (Lipinski definition) is 0. The van der Waals surface area contributed by atoms with Gasteiger partial charge in [0.25, 0.3) is 0 Å². The van der Waals surface area contributed by atoms with E-state index < -0.39 is 0 Å². The van der Waals surface area contributed by atoms with Crippen molar-refractivity contribution in [3.05, 3.63) is 0 Å². The second-order valence-electron chi connectivity index (χ2n) is 6.49. The molecule has 0 atom stereocenters. The Labute approximate surface area is 102 Å². The molecule has 0 radical (unpaired) electrons. The summed E-state index contributed by atoms with van der Waals surface area (Å²) in [4.78, 5) is 0. The monoisotopic (exact) mass is 252 g/mol. The van der Waals surface area contributed by atoms with Gasteiger partial charge < -0.3 is 28.4 Å². The molecule has 7 rings (SSSR count). The molecule has 7 aliphatic rings. The van der Waals surface area contributed by atoms with Gasteiger partial charge in [-0.3, -0.25) is 0 Å². The van der Waals surface area contributed by atoms with E-state index >= 15 is 0 Å². The quantitative estimate of drug-likeness (QED) is 0.597. The molecule has 0 amide bonds. The topological polar surface area (TPSA) is 55.4 Å². The first-order valence-corrected chi connectivity index (χ1v) is 6.83. The average molecular weight is 252 g/mol. The first-order chi connectivity index (χ1) is 8.90. The average Bonchev–Trinajstić information content (AvgIpc) is 3.05. The normalized spacial score (nSPS) is 80.0. The summed E-state index contributed by atoms with van der Waals surface area (Å²) in [7, 11) is 0. The molecule has 0 aromatic carbocycles. The Morgan fingerprint density at radius 1 is 0.278 bits per heavy atom. The molecule has 18 heavy (non-hydrogen) atoms. The lowest BCUT2D eigenvalue weighted by molar-refractivity contribution is -0.320. The van der Waals surface area contributed by atoms with Gasteiger partial charge >= 0.3 is 0 Å². The van der Waals surface area contributed by atoms with Crippen molar-refractivity contribution in [2.75, 3.05) is 0 Å². The molecule has 6 heterocycles. The molecule has 0 aromatic rings. The molecule has 6 aliphatic heterocycles. The van der Waals surface area contributed by atoms with Gasteiger partial charge in [-0.05, 0) is 0 Å². The van der Waals surface area contributed by atoms with E-state index in [2.05, 4.69) is 0 Å². The second kappa shape index (κ2) is 2.39. The van der Waals surface area contributed by atoms with Crippen LogP contribution in [-0.2, 0) is 28.4 Å². The molecule has 0 spiro atoms. The molecule has 6 heteroatoms. The Bertz CT molecular complexity index is 337. The van der Waals surface area contributed by atoms with Crippen LogP contribution in [0.3, 0.4) is 0 Å². The van der Waals surface area contributed by atoms with Crippen molar-refractivity contribution in [3.63, 3.8) is 0 Å². The molecule has 7 fully saturated rings. The maximum atomic E-state index is 5.90. The van der Waals surface area contributed by atoms with Crippen molar-refractivity contribution in [3.8, 4) is 0 Å². The van der Waals surface area contributed by atoms with E-state index in [1.54, 1.807) is 0 Å². The zero-order valence-electron chi connectivity index (χ0n) is 9.38. The minimum atomic E-state index is -0.141. The molecule has 1 saturated carbocycles. The van der Waals surface area contributed by atoms with Crippen LogP contribution >= 0.6 is 0 Å². The molecule has 1 aliphatic carbocycles. The number of rotatable bonds is 0. The predicted octanol–water partition coefficient (Wildman–Crippen LogP) is -0.165. The Morgan fingerprint density at radius 3 is 0.611 bits per heavy atom. The van der Waals surface area contributed by atoms with E-state index in [9.17, 15) is 0 Å². The molecule has 0 aromatic heterocycles. The lowest BCUT2D eigenvalue weighted by Gasteiger charge is -2.37. The van der Waals surface area contributed by atoms with Crippen LogP contribution in [0.15, 0.2) is 0 Å². The third-order valence-electron chi connectivity index (χ3n) is 6.16. The molecular weight excluding hydrogens is 240 g/mol. The SMILES string of the molecule is O1C2OC3OC4OC5OC6OC1C1C2C3C4C5C61. The smallest absolute Gasteiger partial charge is 0.167 e. The number of hydrogen-bond acceptors (Lipinski definition) is 6. The van der Waals surface area contributed by atoms with Crippen molar-refractivity contribution in [2.45, 2.75) is 37.7 Å². The van der Waals surface area contributed by atoms with Crippen molar-refractivity contribution < 1.29 is 28.4 Å². The van der Waals surface area contributed by atoms with Crippen molar-refractivity contribution in [2.24, 2.45) is 35.5 Å². The van der Waals surface area contributed by atoms with Gasteiger partial charge in [-0.2, -0.15) is 0 Å².